The molecule has 0 spiro atoms. The molecular formula is C14H12O3. The van der Waals surface area contributed by atoms with Crippen LogP contribution < -0.4 is 4.74 Å². The number of aromatic hydroxyl groups is 1. The Morgan fingerprint density at radius 1 is 1.29 bits per heavy atom. The lowest BCUT2D eigenvalue weighted by molar-refractivity contribution is 0.103. The average molecular weight is 233 g/mol. The number of benzene rings is 2. The first-order chi connectivity index (χ1) is 10.3. The summed E-state index contributed by atoms with van der Waals surface area (Å²) in [5, 5.41) is 9.88. The summed E-state index contributed by atoms with van der Waals surface area (Å²) in [5.41, 5.74) is -0.647. The van der Waals surface area contributed by atoms with Gasteiger partial charge in [0.05, 0.1) is 19.5 Å². The Hall–Kier alpha value is -2.29. The van der Waals surface area contributed by atoms with Gasteiger partial charge in [0.1, 0.15) is 11.5 Å². The maximum absolute atomic E-state index is 12.5. The van der Waals surface area contributed by atoms with Crippen molar-refractivity contribution >= 4 is 5.78 Å². The highest BCUT2D eigenvalue weighted by atomic mass is 16.5. The first kappa shape index (κ1) is 6.45. The van der Waals surface area contributed by atoms with Gasteiger partial charge in [0, 0.05) is 11.6 Å². The van der Waals surface area contributed by atoms with Crippen molar-refractivity contribution < 1.29 is 21.5 Å². The quantitative estimate of drug-likeness (QED) is 0.829. The number of ether oxygens (including phenoxy) is 1. The van der Waals surface area contributed by atoms with Crippen LogP contribution in [0.4, 0.5) is 0 Å². The molecule has 2 rings (SSSR count). The van der Waals surface area contributed by atoms with Gasteiger partial charge in [-0.3, -0.25) is 4.79 Å². The van der Waals surface area contributed by atoms with Gasteiger partial charge in [0.2, 0.25) is 0 Å². The van der Waals surface area contributed by atoms with Crippen LogP contribution in [0.5, 0.6) is 11.5 Å². The molecule has 0 unspecified atom stereocenters. The van der Waals surface area contributed by atoms with Gasteiger partial charge in [-0.15, -0.1) is 0 Å². The summed E-state index contributed by atoms with van der Waals surface area (Å²) in [6.07, 6.45) is 0. The molecule has 3 heteroatoms. The Kier molecular flexibility index (Phi) is 1.78. The van der Waals surface area contributed by atoms with Gasteiger partial charge < -0.3 is 9.84 Å². The van der Waals surface area contributed by atoms with Gasteiger partial charge >= 0.3 is 0 Å². The Balaban J connectivity index is 2.65. The summed E-state index contributed by atoms with van der Waals surface area (Å²) in [6.45, 7) is 0. The second kappa shape index (κ2) is 4.70. The zero-order valence-electron chi connectivity index (χ0n) is 14.0. The molecule has 0 bridgehead atoms. The molecule has 0 saturated heterocycles. The fourth-order valence-corrected chi connectivity index (χ4v) is 1.33. The molecule has 0 aliphatic rings. The molecule has 0 radical (unpaired) electrons. The predicted octanol–water partition coefficient (Wildman–Crippen LogP) is 2.63. The highest BCUT2D eigenvalue weighted by Crippen LogP contribution is 2.25. The van der Waals surface area contributed by atoms with Crippen LogP contribution in [0.15, 0.2) is 48.4 Å². The van der Waals surface area contributed by atoms with Crippen molar-refractivity contribution in [3.8, 4) is 11.5 Å². The number of carbonyl (C=O) groups excluding carboxylic acids is 1. The first-order valence-corrected chi connectivity index (χ1v) is 4.78. The monoisotopic (exact) mass is 233 g/mol. The Morgan fingerprint density at radius 2 is 2.00 bits per heavy atom. The van der Waals surface area contributed by atoms with Crippen molar-refractivity contribution in [2.75, 3.05) is 7.11 Å². The van der Waals surface area contributed by atoms with Crippen LogP contribution in [0.2, 0.25) is 0 Å². The molecule has 86 valence electrons. The summed E-state index contributed by atoms with van der Waals surface area (Å²) in [6, 6.07) is 0.930. The summed E-state index contributed by atoms with van der Waals surface area (Å²) in [4.78, 5) is 12.5. The van der Waals surface area contributed by atoms with Crippen LogP contribution in [-0.2, 0) is 0 Å². The van der Waals surface area contributed by atoms with Crippen LogP contribution in [0.3, 0.4) is 0 Å². The van der Waals surface area contributed by atoms with Crippen LogP contribution in [0, 0.1) is 0 Å². The van der Waals surface area contributed by atoms with Gasteiger partial charge in [-0.2, -0.15) is 0 Å². The molecule has 0 saturated carbocycles. The molecule has 0 aliphatic heterocycles. The van der Waals surface area contributed by atoms with E-state index in [1.54, 1.807) is 0 Å². The van der Waals surface area contributed by atoms with Crippen molar-refractivity contribution in [3.63, 3.8) is 0 Å². The van der Waals surface area contributed by atoms with Crippen molar-refractivity contribution in [3.05, 3.63) is 59.5 Å². The normalized spacial score (nSPS) is 14.1. The average Bonchev–Trinajstić information content (AvgIpc) is 2.50. The third-order valence-corrected chi connectivity index (χ3v) is 2.18. The van der Waals surface area contributed by atoms with Gasteiger partial charge in [-0.25, -0.2) is 0 Å². The Bertz CT molecular complexity index is 745. The van der Waals surface area contributed by atoms with Gasteiger partial charge in [0.15, 0.2) is 5.78 Å². The maximum Gasteiger partial charge on any atom is 0.196 e. The molecule has 2 aromatic rings. The number of phenols is 1. The largest absolute Gasteiger partial charge is 0.507 e. The highest BCUT2D eigenvalue weighted by Gasteiger charge is 2.13. The zero-order chi connectivity index (χ0) is 16.6. The van der Waals surface area contributed by atoms with Crippen molar-refractivity contribution in [1.82, 2.24) is 0 Å². The van der Waals surface area contributed by atoms with Crippen LogP contribution in [-0.4, -0.2) is 18.0 Å². The van der Waals surface area contributed by atoms with Crippen molar-refractivity contribution in [1.29, 1.82) is 0 Å². The Labute approximate surface area is 106 Å². The number of hydrogen-bond acceptors (Lipinski definition) is 3. The fraction of sp³-hybridized carbons (Fsp3) is 0.0714. The lowest BCUT2D eigenvalue weighted by Gasteiger charge is -2.06. The minimum atomic E-state index is -0.850. The summed E-state index contributed by atoms with van der Waals surface area (Å²) in [5.74, 6) is -0.913. The molecule has 0 aromatic heterocycles. The van der Waals surface area contributed by atoms with E-state index in [1.165, 1.54) is 25.3 Å². The lowest BCUT2D eigenvalue weighted by Crippen LogP contribution is -2.01. The third kappa shape index (κ3) is 2.28. The van der Waals surface area contributed by atoms with Crippen LogP contribution >= 0.6 is 0 Å². The van der Waals surface area contributed by atoms with E-state index in [-0.39, 0.29) is 5.56 Å². The van der Waals surface area contributed by atoms with E-state index < -0.39 is 47.3 Å². The van der Waals surface area contributed by atoms with Crippen LogP contribution in [0.25, 0.3) is 0 Å². The smallest absolute Gasteiger partial charge is 0.196 e. The summed E-state index contributed by atoms with van der Waals surface area (Å²) >= 11 is 0. The maximum atomic E-state index is 12.5. The van der Waals surface area contributed by atoms with Gasteiger partial charge in [-0.05, 0) is 12.1 Å². The fourth-order valence-electron chi connectivity index (χ4n) is 1.33. The van der Waals surface area contributed by atoms with Crippen molar-refractivity contribution in [2.24, 2.45) is 0 Å². The minimum absolute atomic E-state index is 0.167. The second-order valence-electron chi connectivity index (χ2n) is 3.21. The standard InChI is InChI=1S/C14H12O3/c1-17-11-7-8-12(13(15)9-11)14(16)10-5-3-2-4-6-10/h2-9,15H,1H3/i2D,3D,4D,5D,6D. The number of phenolic OH excluding ortho intramolecular Hbond substituents is 1. The molecule has 0 heterocycles. The third-order valence-electron chi connectivity index (χ3n) is 2.18. The molecule has 0 aliphatic carbocycles. The number of rotatable bonds is 3. The summed E-state index contributed by atoms with van der Waals surface area (Å²) < 4.78 is 43.1. The summed E-state index contributed by atoms with van der Waals surface area (Å²) in [7, 11) is 1.39. The molecular weight excluding hydrogens is 216 g/mol. The molecule has 0 fully saturated rings. The van der Waals surface area contributed by atoms with E-state index in [0.717, 1.165) is 0 Å². The zero-order valence-corrected chi connectivity index (χ0v) is 9.00. The van der Waals surface area contributed by atoms with Gasteiger partial charge in [0.25, 0.3) is 0 Å². The van der Waals surface area contributed by atoms with Crippen LogP contribution in [0.1, 0.15) is 22.8 Å². The predicted molar refractivity (Wildman–Crippen MR) is 64.5 cm³/mol. The molecule has 0 atom stereocenters. The lowest BCUT2D eigenvalue weighted by atomic mass is 10.0. The van der Waals surface area contributed by atoms with E-state index >= 15 is 0 Å². The van der Waals surface area contributed by atoms with E-state index in [0.29, 0.717) is 5.75 Å². The van der Waals surface area contributed by atoms with E-state index in [9.17, 15) is 9.90 Å². The number of ketones is 1. The number of carbonyl (C=O) groups is 1. The minimum Gasteiger partial charge on any atom is -0.507 e. The van der Waals surface area contributed by atoms with Crippen molar-refractivity contribution in [2.45, 2.75) is 0 Å². The first-order valence-electron chi connectivity index (χ1n) is 7.28. The SMILES string of the molecule is [2H]c1c([2H])c([2H])c(C(=O)c2ccc(OC)cc2O)c([2H])c1[2H]. The van der Waals surface area contributed by atoms with E-state index in [1.807, 2.05) is 0 Å². The van der Waals surface area contributed by atoms with E-state index in [2.05, 4.69) is 0 Å². The second-order valence-corrected chi connectivity index (χ2v) is 3.21. The molecule has 0 amide bonds. The van der Waals surface area contributed by atoms with Gasteiger partial charge in [-0.1, -0.05) is 30.2 Å². The number of methoxy groups -OCH3 is 1. The molecule has 3 nitrogen and oxygen atoms in total. The highest BCUT2D eigenvalue weighted by molar-refractivity contribution is 6.10. The van der Waals surface area contributed by atoms with E-state index in [4.69, 9.17) is 11.6 Å². The number of hydrogen-bond donors (Lipinski definition) is 1. The topological polar surface area (TPSA) is 46.5 Å². The molecule has 2 aromatic carbocycles. The molecule has 17 heavy (non-hydrogen) atoms. The Morgan fingerprint density at radius 3 is 2.59 bits per heavy atom. The molecule has 1 N–H and O–H groups in total.